The Bertz CT molecular complexity index is 1010. The second kappa shape index (κ2) is 8.04. The molecule has 0 spiro atoms. The molecule has 1 saturated heterocycles. The van der Waals surface area contributed by atoms with E-state index in [1.165, 1.54) is 0 Å². The van der Waals surface area contributed by atoms with Gasteiger partial charge in [-0.1, -0.05) is 62.9 Å². The van der Waals surface area contributed by atoms with Crippen molar-refractivity contribution in [3.05, 3.63) is 42.1 Å². The second-order valence-corrected chi connectivity index (χ2v) is 11.5. The zero-order valence-electron chi connectivity index (χ0n) is 18.7. The van der Waals surface area contributed by atoms with Gasteiger partial charge < -0.3 is 4.90 Å². The number of hydrogen-bond donors (Lipinski definition) is 0. The topological polar surface area (TPSA) is 46.1 Å². The number of fused-ring (bicyclic) bond motifs is 2. The lowest BCUT2D eigenvalue weighted by atomic mass is 9.65. The van der Waals surface area contributed by atoms with E-state index < -0.39 is 17.1 Å². The second-order valence-electron chi connectivity index (χ2n) is 10.2. The predicted molar refractivity (Wildman–Crippen MR) is 119 cm³/mol. The third kappa shape index (κ3) is 4.80. The molecule has 172 valence electrons. The van der Waals surface area contributed by atoms with Crippen molar-refractivity contribution in [1.82, 2.24) is 14.9 Å². The van der Waals surface area contributed by atoms with Crippen LogP contribution < -0.4 is 0 Å². The summed E-state index contributed by atoms with van der Waals surface area (Å²) in [4.78, 5) is 23.3. The maximum absolute atomic E-state index is 13.5. The third-order valence-electron chi connectivity index (χ3n) is 6.39. The Morgan fingerprint density at radius 3 is 2.50 bits per heavy atom. The maximum atomic E-state index is 13.5. The molecule has 1 aliphatic heterocycles. The maximum Gasteiger partial charge on any atom is 0.433 e. The van der Waals surface area contributed by atoms with Gasteiger partial charge in [-0.3, -0.25) is 4.79 Å². The number of alkyl halides is 3. The van der Waals surface area contributed by atoms with Gasteiger partial charge in [-0.2, -0.15) is 13.2 Å². The van der Waals surface area contributed by atoms with Crippen LogP contribution in [-0.2, 0) is 11.0 Å². The van der Waals surface area contributed by atoms with E-state index >= 15 is 0 Å². The lowest BCUT2D eigenvalue weighted by Crippen LogP contribution is -2.41. The van der Waals surface area contributed by atoms with Crippen LogP contribution in [0.15, 0.2) is 41.6 Å². The highest BCUT2D eigenvalue weighted by atomic mass is 32.2. The van der Waals surface area contributed by atoms with Crippen molar-refractivity contribution in [1.29, 1.82) is 0 Å². The van der Waals surface area contributed by atoms with E-state index in [9.17, 15) is 18.0 Å². The molecular weight excluding hydrogens is 435 g/mol. The lowest BCUT2D eigenvalue weighted by Gasteiger charge is -2.39. The first-order chi connectivity index (χ1) is 14.9. The van der Waals surface area contributed by atoms with Crippen LogP contribution in [0.5, 0.6) is 0 Å². The molecule has 8 heteroatoms. The number of hydrogen-bond acceptors (Lipinski definition) is 4. The summed E-state index contributed by atoms with van der Waals surface area (Å²) in [6, 6.07) is 9.84. The molecule has 2 aromatic rings. The number of carbonyl (C=O) groups is 1. The molecule has 1 saturated carbocycles. The van der Waals surface area contributed by atoms with Crippen molar-refractivity contribution in [2.75, 3.05) is 6.54 Å². The van der Waals surface area contributed by atoms with Gasteiger partial charge in [-0.15, -0.1) is 0 Å². The molecule has 2 bridgehead atoms. The van der Waals surface area contributed by atoms with E-state index in [1.54, 1.807) is 37.3 Å². The van der Waals surface area contributed by atoms with Crippen molar-refractivity contribution < 1.29 is 18.0 Å². The number of thioether (sulfide) groups is 1. The first-order valence-electron chi connectivity index (χ1n) is 10.8. The molecule has 32 heavy (non-hydrogen) atoms. The number of nitrogens with zero attached hydrogens (tertiary/aromatic N) is 3. The normalized spacial score (nSPS) is 25.6. The van der Waals surface area contributed by atoms with Crippen molar-refractivity contribution in [2.24, 2.45) is 10.8 Å². The Hall–Kier alpha value is -2.09. The van der Waals surface area contributed by atoms with Gasteiger partial charge in [0.05, 0.1) is 10.9 Å². The Labute approximate surface area is 191 Å². The molecule has 4 nitrogen and oxygen atoms in total. The zero-order chi connectivity index (χ0) is 23.3. The minimum Gasteiger partial charge on any atom is -0.338 e. The Kier molecular flexibility index (Phi) is 5.80. The van der Waals surface area contributed by atoms with Gasteiger partial charge in [0.1, 0.15) is 5.69 Å². The molecule has 2 heterocycles. The van der Waals surface area contributed by atoms with Crippen LogP contribution in [-0.4, -0.2) is 38.6 Å². The summed E-state index contributed by atoms with van der Waals surface area (Å²) in [5.74, 6) is -0.0521. The van der Waals surface area contributed by atoms with Crippen LogP contribution in [0.25, 0.3) is 11.3 Å². The molecule has 1 aromatic carbocycles. The molecule has 3 atom stereocenters. The van der Waals surface area contributed by atoms with Crippen molar-refractivity contribution in [3.63, 3.8) is 0 Å². The summed E-state index contributed by atoms with van der Waals surface area (Å²) < 4.78 is 40.5. The number of benzene rings is 1. The zero-order valence-corrected chi connectivity index (χ0v) is 19.6. The van der Waals surface area contributed by atoms with Gasteiger partial charge in [0, 0.05) is 18.2 Å². The molecule has 0 radical (unpaired) electrons. The van der Waals surface area contributed by atoms with Crippen LogP contribution in [0.3, 0.4) is 0 Å². The predicted octanol–water partition coefficient (Wildman–Crippen LogP) is 6.07. The van der Waals surface area contributed by atoms with E-state index in [0.717, 1.165) is 37.1 Å². The van der Waals surface area contributed by atoms with Crippen molar-refractivity contribution in [3.8, 4) is 11.3 Å². The Balaban J connectivity index is 1.58. The molecular formula is C24H28F3N3OS. The fraction of sp³-hybridized carbons (Fsp3) is 0.542. The van der Waals surface area contributed by atoms with Gasteiger partial charge in [0.2, 0.25) is 5.91 Å². The number of halogens is 3. The average Bonchev–Trinajstić information content (AvgIpc) is 2.95. The number of carbonyl (C=O) groups excluding carboxylic acids is 1. The van der Waals surface area contributed by atoms with E-state index in [0.29, 0.717) is 12.1 Å². The summed E-state index contributed by atoms with van der Waals surface area (Å²) >= 11 is 0.997. The summed E-state index contributed by atoms with van der Waals surface area (Å²) in [7, 11) is 0. The first-order valence-corrected chi connectivity index (χ1v) is 11.7. The molecule has 1 aromatic heterocycles. The highest BCUT2D eigenvalue weighted by molar-refractivity contribution is 8.00. The van der Waals surface area contributed by atoms with Gasteiger partial charge >= 0.3 is 6.18 Å². The van der Waals surface area contributed by atoms with Gasteiger partial charge in [0.25, 0.3) is 0 Å². The standard InChI is InChI=1S/C24H28F3N3OS/c1-15(20(31)30-14-23(4)12-17(30)11-22(2,3)13-23)32-21-28-18(16-8-6-5-7-9-16)10-19(29-21)24(25,26)27/h5-10,15,17H,11-14H2,1-4H3/t15-,17-,23-/m0/s1. The number of likely N-dealkylation sites (tertiary alicyclic amines) is 1. The summed E-state index contributed by atoms with van der Waals surface area (Å²) in [5, 5.41) is -0.610. The molecule has 0 unspecified atom stereocenters. The molecule has 1 aliphatic carbocycles. The minimum absolute atomic E-state index is 0.0340. The number of rotatable bonds is 4. The van der Waals surface area contributed by atoms with Gasteiger partial charge in [0.15, 0.2) is 5.16 Å². The van der Waals surface area contributed by atoms with Crippen LogP contribution in [0.2, 0.25) is 0 Å². The summed E-state index contributed by atoms with van der Waals surface area (Å²) in [6.45, 7) is 9.14. The van der Waals surface area contributed by atoms with Crippen LogP contribution >= 0.6 is 11.8 Å². The Morgan fingerprint density at radius 1 is 1.16 bits per heavy atom. The van der Waals surface area contributed by atoms with E-state index in [1.807, 2.05) is 4.90 Å². The smallest absolute Gasteiger partial charge is 0.338 e. The molecule has 4 rings (SSSR count). The average molecular weight is 464 g/mol. The van der Waals surface area contributed by atoms with E-state index in [4.69, 9.17) is 0 Å². The highest BCUT2D eigenvalue weighted by Crippen LogP contribution is 2.52. The monoisotopic (exact) mass is 463 g/mol. The lowest BCUT2D eigenvalue weighted by molar-refractivity contribution is -0.141. The summed E-state index contributed by atoms with van der Waals surface area (Å²) in [5.41, 5.74) is 0.0446. The van der Waals surface area contributed by atoms with E-state index in [2.05, 4.69) is 30.7 Å². The quantitative estimate of drug-likeness (QED) is 0.408. The van der Waals surface area contributed by atoms with E-state index in [-0.39, 0.29) is 33.6 Å². The van der Waals surface area contributed by atoms with Crippen molar-refractivity contribution >= 4 is 17.7 Å². The van der Waals surface area contributed by atoms with Crippen LogP contribution in [0, 0.1) is 10.8 Å². The molecule has 2 aliphatic rings. The first kappa shape index (κ1) is 23.1. The molecule has 0 N–H and O–H groups in total. The van der Waals surface area contributed by atoms with Crippen LogP contribution in [0.1, 0.15) is 52.7 Å². The fourth-order valence-corrected chi connectivity index (χ4v) is 6.39. The number of aromatic nitrogens is 2. The third-order valence-corrected chi connectivity index (χ3v) is 7.34. The number of amides is 1. The molecule has 2 fully saturated rings. The van der Waals surface area contributed by atoms with Crippen LogP contribution in [0.4, 0.5) is 13.2 Å². The van der Waals surface area contributed by atoms with Crippen molar-refractivity contribution in [2.45, 2.75) is 69.6 Å². The summed E-state index contributed by atoms with van der Waals surface area (Å²) in [6.07, 6.45) is -1.60. The largest absolute Gasteiger partial charge is 0.433 e. The fourth-order valence-electron chi connectivity index (χ4n) is 5.54. The molecule has 1 amide bonds. The highest BCUT2D eigenvalue weighted by Gasteiger charge is 2.51. The SMILES string of the molecule is C[C@H](Sc1nc(-c2ccccc2)cc(C(F)(F)F)n1)C(=O)N1C[C@@]2(C)C[C@@H]1CC(C)(C)C2. The minimum atomic E-state index is -4.60. The van der Waals surface area contributed by atoms with Gasteiger partial charge in [-0.25, -0.2) is 9.97 Å². The Morgan fingerprint density at radius 2 is 1.84 bits per heavy atom. The van der Waals surface area contributed by atoms with Gasteiger partial charge in [-0.05, 0) is 43.1 Å².